The summed E-state index contributed by atoms with van der Waals surface area (Å²) in [5.41, 5.74) is -0.448. The van der Waals surface area contributed by atoms with Crippen molar-refractivity contribution in [2.75, 3.05) is 20.6 Å². The maximum Gasteiger partial charge on any atom is 0.245 e. The van der Waals surface area contributed by atoms with Crippen LogP contribution in [0.5, 0.6) is 0 Å². The second kappa shape index (κ2) is 9.90. The second-order valence-corrected chi connectivity index (χ2v) is 8.70. The van der Waals surface area contributed by atoms with E-state index in [0.29, 0.717) is 23.8 Å². The van der Waals surface area contributed by atoms with E-state index in [4.69, 9.17) is 0 Å². The highest BCUT2D eigenvalue weighted by molar-refractivity contribution is 5.89. The Labute approximate surface area is 157 Å². The third-order valence-electron chi connectivity index (χ3n) is 5.08. The van der Waals surface area contributed by atoms with Gasteiger partial charge in [-0.15, -0.1) is 0 Å². The van der Waals surface area contributed by atoms with E-state index < -0.39 is 17.4 Å². The van der Waals surface area contributed by atoms with Crippen molar-refractivity contribution in [2.24, 2.45) is 17.3 Å². The van der Waals surface area contributed by atoms with Crippen LogP contribution in [0.4, 0.5) is 0 Å². The Kier molecular flexibility index (Phi) is 8.53. The van der Waals surface area contributed by atoms with Crippen LogP contribution in [0.1, 0.15) is 59.3 Å². The van der Waals surface area contributed by atoms with Gasteiger partial charge in [-0.3, -0.25) is 19.6 Å². The minimum Gasteiger partial charge on any atom is -0.347 e. The lowest BCUT2D eigenvalue weighted by atomic mass is 9.81. The first-order valence-electron chi connectivity index (χ1n) is 9.48. The summed E-state index contributed by atoms with van der Waals surface area (Å²) in [7, 11) is 3.32. The monoisotopic (exact) mass is 369 g/mol. The van der Waals surface area contributed by atoms with Gasteiger partial charge < -0.3 is 10.2 Å². The lowest BCUT2D eigenvalue weighted by molar-refractivity contribution is -0.155. The molecule has 0 bridgehead atoms. The third kappa shape index (κ3) is 6.94. The van der Waals surface area contributed by atoms with Gasteiger partial charge in [0.1, 0.15) is 6.04 Å². The van der Waals surface area contributed by atoms with Gasteiger partial charge in [0.2, 0.25) is 18.2 Å². The molecule has 1 aliphatic rings. The molecule has 0 aromatic carbocycles. The topological polar surface area (TPSA) is 90.0 Å². The van der Waals surface area contributed by atoms with Gasteiger partial charge in [-0.25, -0.2) is 5.06 Å². The van der Waals surface area contributed by atoms with Gasteiger partial charge in [0, 0.05) is 14.1 Å². The molecule has 26 heavy (non-hydrogen) atoms. The minimum atomic E-state index is -0.665. The van der Waals surface area contributed by atoms with Crippen molar-refractivity contribution in [3.05, 3.63) is 0 Å². The van der Waals surface area contributed by atoms with Gasteiger partial charge in [0.25, 0.3) is 0 Å². The van der Waals surface area contributed by atoms with E-state index in [2.05, 4.69) is 5.32 Å². The summed E-state index contributed by atoms with van der Waals surface area (Å²) < 4.78 is 0. The van der Waals surface area contributed by atoms with E-state index in [1.807, 2.05) is 20.8 Å². The number of carbonyl (C=O) groups excluding carboxylic acids is 3. The molecule has 1 rings (SSSR count). The molecule has 0 radical (unpaired) electrons. The van der Waals surface area contributed by atoms with E-state index in [1.54, 1.807) is 14.1 Å². The first-order chi connectivity index (χ1) is 12.1. The molecule has 3 amide bonds. The lowest BCUT2D eigenvalue weighted by Crippen LogP contribution is -2.55. The van der Waals surface area contributed by atoms with Crippen LogP contribution >= 0.6 is 0 Å². The Bertz CT molecular complexity index is 482. The SMILES string of the molecule is CN(C)C(=O)[C@@H](NC(=O)C(CC1CCCCC1)CN(O)C=O)C(C)(C)C. The highest BCUT2D eigenvalue weighted by atomic mass is 16.5. The molecule has 2 N–H and O–H groups in total. The largest absolute Gasteiger partial charge is 0.347 e. The molecule has 7 heteroatoms. The van der Waals surface area contributed by atoms with Gasteiger partial charge in [-0.1, -0.05) is 52.9 Å². The predicted molar refractivity (Wildman–Crippen MR) is 99.3 cm³/mol. The Morgan fingerprint density at radius 2 is 1.77 bits per heavy atom. The Morgan fingerprint density at radius 1 is 1.19 bits per heavy atom. The van der Waals surface area contributed by atoms with Crippen LogP contribution in [0.3, 0.4) is 0 Å². The average Bonchev–Trinajstić information content (AvgIpc) is 2.57. The molecule has 0 aromatic heterocycles. The van der Waals surface area contributed by atoms with Gasteiger partial charge in [0.15, 0.2) is 0 Å². The zero-order chi connectivity index (χ0) is 19.9. The zero-order valence-corrected chi connectivity index (χ0v) is 16.8. The number of likely N-dealkylation sites (N-methyl/N-ethyl adjacent to an activating group) is 1. The summed E-state index contributed by atoms with van der Waals surface area (Å²) in [6.45, 7) is 5.65. The Balaban J connectivity index is 2.89. The van der Waals surface area contributed by atoms with Crippen molar-refractivity contribution >= 4 is 18.2 Å². The third-order valence-corrected chi connectivity index (χ3v) is 5.08. The fourth-order valence-corrected chi connectivity index (χ4v) is 3.53. The summed E-state index contributed by atoms with van der Waals surface area (Å²) in [5.74, 6) is -0.574. The van der Waals surface area contributed by atoms with Gasteiger partial charge >= 0.3 is 0 Å². The van der Waals surface area contributed by atoms with Crippen molar-refractivity contribution in [1.82, 2.24) is 15.3 Å². The van der Waals surface area contributed by atoms with E-state index in [1.165, 1.54) is 11.3 Å². The van der Waals surface area contributed by atoms with Crippen molar-refractivity contribution in [1.29, 1.82) is 0 Å². The molecule has 0 aliphatic heterocycles. The smallest absolute Gasteiger partial charge is 0.245 e. The van der Waals surface area contributed by atoms with Crippen LogP contribution in [-0.4, -0.2) is 60.1 Å². The summed E-state index contributed by atoms with van der Waals surface area (Å²) >= 11 is 0. The molecule has 0 heterocycles. The van der Waals surface area contributed by atoms with E-state index >= 15 is 0 Å². The summed E-state index contributed by atoms with van der Waals surface area (Å²) in [4.78, 5) is 37.7. The average molecular weight is 370 g/mol. The van der Waals surface area contributed by atoms with Crippen LogP contribution in [0, 0.1) is 17.3 Å². The number of hydroxylamine groups is 2. The molecular formula is C19H35N3O4. The molecule has 2 atom stereocenters. The molecule has 150 valence electrons. The highest BCUT2D eigenvalue weighted by Gasteiger charge is 2.36. The number of hydrogen-bond donors (Lipinski definition) is 2. The number of amides is 3. The first kappa shape index (κ1) is 22.4. The first-order valence-corrected chi connectivity index (χ1v) is 9.48. The van der Waals surface area contributed by atoms with Crippen LogP contribution in [0.2, 0.25) is 0 Å². The molecular weight excluding hydrogens is 334 g/mol. The summed E-state index contributed by atoms with van der Waals surface area (Å²) in [6, 6.07) is -0.665. The number of nitrogens with zero attached hydrogens (tertiary/aromatic N) is 2. The fraction of sp³-hybridized carbons (Fsp3) is 0.842. The molecule has 0 saturated heterocycles. The van der Waals surface area contributed by atoms with Crippen LogP contribution < -0.4 is 5.32 Å². The summed E-state index contributed by atoms with van der Waals surface area (Å²) in [5, 5.41) is 13.0. The quantitative estimate of drug-likeness (QED) is 0.389. The standard InChI is InChI=1S/C19H35N3O4/c1-19(2,3)16(18(25)21(4)5)20-17(24)15(12-22(26)13-23)11-14-9-7-6-8-10-14/h13-16,26H,6-12H2,1-5H3,(H,20,24)/t15?,16-/m1/s1. The van der Waals surface area contributed by atoms with E-state index in [0.717, 1.165) is 25.7 Å². The molecule has 7 nitrogen and oxygen atoms in total. The van der Waals surface area contributed by atoms with Crippen LogP contribution in [0.25, 0.3) is 0 Å². The summed E-state index contributed by atoms with van der Waals surface area (Å²) in [6.07, 6.45) is 6.58. The van der Waals surface area contributed by atoms with Crippen LogP contribution in [0.15, 0.2) is 0 Å². The Hall–Kier alpha value is -1.63. The van der Waals surface area contributed by atoms with Gasteiger partial charge in [-0.2, -0.15) is 0 Å². The number of carbonyl (C=O) groups is 3. The van der Waals surface area contributed by atoms with Crippen molar-refractivity contribution in [3.63, 3.8) is 0 Å². The maximum absolute atomic E-state index is 12.9. The number of nitrogens with one attached hydrogen (secondary N) is 1. The lowest BCUT2D eigenvalue weighted by Gasteiger charge is -2.34. The van der Waals surface area contributed by atoms with Gasteiger partial charge in [0.05, 0.1) is 12.5 Å². The second-order valence-electron chi connectivity index (χ2n) is 8.70. The molecule has 1 fully saturated rings. The van der Waals surface area contributed by atoms with Crippen LogP contribution in [-0.2, 0) is 14.4 Å². The normalized spacial score (nSPS) is 17.9. The molecule has 1 saturated carbocycles. The van der Waals surface area contributed by atoms with Gasteiger partial charge in [-0.05, 0) is 17.8 Å². The molecule has 0 spiro atoms. The van der Waals surface area contributed by atoms with Crippen molar-refractivity contribution in [3.8, 4) is 0 Å². The fourth-order valence-electron chi connectivity index (χ4n) is 3.53. The van der Waals surface area contributed by atoms with Crippen molar-refractivity contribution < 1.29 is 19.6 Å². The Morgan fingerprint density at radius 3 is 2.23 bits per heavy atom. The zero-order valence-electron chi connectivity index (χ0n) is 16.8. The number of hydrogen-bond acceptors (Lipinski definition) is 4. The predicted octanol–water partition coefficient (Wildman–Crippen LogP) is 2.04. The number of rotatable bonds is 8. The molecule has 0 aromatic rings. The minimum absolute atomic E-state index is 0.0567. The maximum atomic E-state index is 12.9. The highest BCUT2D eigenvalue weighted by Crippen LogP contribution is 2.30. The van der Waals surface area contributed by atoms with E-state index in [9.17, 15) is 19.6 Å². The van der Waals surface area contributed by atoms with E-state index in [-0.39, 0.29) is 18.4 Å². The molecule has 1 aliphatic carbocycles. The molecule has 1 unspecified atom stereocenters. The van der Waals surface area contributed by atoms with Crippen molar-refractivity contribution in [2.45, 2.75) is 65.3 Å².